The van der Waals surface area contributed by atoms with Crippen molar-refractivity contribution in [1.29, 1.82) is 0 Å². The summed E-state index contributed by atoms with van der Waals surface area (Å²) in [4.78, 5) is 28.6. The molecule has 0 aromatic heterocycles. The third-order valence-corrected chi connectivity index (χ3v) is 5.07. The second-order valence-electron chi connectivity index (χ2n) is 7.63. The molecule has 0 spiro atoms. The molecule has 4 N–H and O–H groups in total. The Balaban J connectivity index is 3.52. The first kappa shape index (κ1) is 29.2. The molecule has 8 nitrogen and oxygen atoms in total. The summed E-state index contributed by atoms with van der Waals surface area (Å²) < 4.78 is 19.5. The van der Waals surface area contributed by atoms with Gasteiger partial charge in [0.15, 0.2) is 0 Å². The molecule has 0 rings (SSSR count). The van der Waals surface area contributed by atoms with Gasteiger partial charge in [0.25, 0.3) is 0 Å². The van der Waals surface area contributed by atoms with Gasteiger partial charge in [0, 0.05) is 6.42 Å². The summed E-state index contributed by atoms with van der Waals surface area (Å²) in [6.45, 7) is 1.25. The molecule has 0 aromatic rings. The molecule has 0 radical (unpaired) electrons. The summed E-state index contributed by atoms with van der Waals surface area (Å²) in [6, 6.07) is 0. The third kappa shape index (κ3) is 21.9. The minimum atomic E-state index is -4.64. The van der Waals surface area contributed by atoms with Crippen LogP contribution in [0, 0.1) is 0 Å². The monoisotopic (exact) mass is 452 g/mol. The van der Waals surface area contributed by atoms with Crippen molar-refractivity contribution in [2.75, 3.05) is 13.2 Å². The number of aliphatic hydroxyl groups is 2. The van der Waals surface area contributed by atoms with Crippen LogP contribution in [0.2, 0.25) is 0 Å². The molecule has 0 aliphatic carbocycles. The number of ether oxygens (including phenoxy) is 1. The molecule has 0 saturated heterocycles. The second kappa shape index (κ2) is 19.0. The molecular weight excluding hydrogens is 411 g/mol. The van der Waals surface area contributed by atoms with Crippen molar-refractivity contribution in [3.63, 3.8) is 0 Å². The highest BCUT2D eigenvalue weighted by atomic mass is 31.2. The van der Waals surface area contributed by atoms with Gasteiger partial charge in [-0.1, -0.05) is 70.4 Å². The number of phosphoric ester groups is 1. The number of hydrogen-bond acceptors (Lipinski definition) is 6. The van der Waals surface area contributed by atoms with Crippen molar-refractivity contribution in [2.45, 2.75) is 103 Å². The maximum absolute atomic E-state index is 11.6. The Morgan fingerprint density at radius 2 is 1.57 bits per heavy atom. The van der Waals surface area contributed by atoms with Gasteiger partial charge in [0.1, 0.15) is 12.7 Å². The predicted octanol–water partition coefficient (Wildman–Crippen LogP) is 4.01. The molecule has 0 saturated carbocycles. The largest absolute Gasteiger partial charge is 0.469 e. The van der Waals surface area contributed by atoms with Crippen molar-refractivity contribution >= 4 is 13.8 Å². The van der Waals surface area contributed by atoms with E-state index in [0.29, 0.717) is 6.42 Å². The Morgan fingerprint density at radius 3 is 2.27 bits per heavy atom. The molecule has 178 valence electrons. The lowest BCUT2D eigenvalue weighted by atomic mass is 10.1. The van der Waals surface area contributed by atoms with E-state index in [2.05, 4.69) is 11.4 Å². The molecule has 0 aliphatic rings. The van der Waals surface area contributed by atoms with E-state index in [-0.39, 0.29) is 19.1 Å². The molecule has 0 aliphatic heterocycles. The topological polar surface area (TPSA) is 134 Å². The van der Waals surface area contributed by atoms with Crippen molar-refractivity contribution < 1.29 is 38.6 Å². The average Bonchev–Trinajstić information content (AvgIpc) is 2.68. The fraction of sp³-hybridized carbons (Fsp3) is 0.857. The number of carbonyl (C=O) groups excluding carboxylic acids is 1. The molecular formula is C21H41O8P. The molecule has 0 bridgehead atoms. The van der Waals surface area contributed by atoms with E-state index in [1.165, 1.54) is 32.1 Å². The number of aliphatic hydroxyl groups excluding tert-OH is 2. The van der Waals surface area contributed by atoms with Crippen LogP contribution < -0.4 is 0 Å². The van der Waals surface area contributed by atoms with Crippen LogP contribution in [0.15, 0.2) is 12.2 Å². The van der Waals surface area contributed by atoms with Crippen LogP contribution in [0.5, 0.6) is 0 Å². The zero-order valence-electron chi connectivity index (χ0n) is 18.3. The van der Waals surface area contributed by atoms with E-state index >= 15 is 0 Å². The SMILES string of the molecule is CCCCCCCCC(O)C=CCCCCCCC(=O)OC[C@H](O)COP(=O)(O)O. The minimum Gasteiger partial charge on any atom is -0.463 e. The zero-order chi connectivity index (χ0) is 22.7. The van der Waals surface area contributed by atoms with Crippen molar-refractivity contribution in [1.82, 2.24) is 0 Å². The van der Waals surface area contributed by atoms with Crippen LogP contribution in [0.4, 0.5) is 0 Å². The summed E-state index contributed by atoms with van der Waals surface area (Å²) in [5, 5.41) is 19.3. The molecule has 1 unspecified atom stereocenters. The normalized spacial score (nSPS) is 14.2. The number of phosphoric acid groups is 1. The summed E-state index contributed by atoms with van der Waals surface area (Å²) in [5.74, 6) is -0.456. The van der Waals surface area contributed by atoms with Crippen LogP contribution in [0.25, 0.3) is 0 Å². The minimum absolute atomic E-state index is 0.235. The lowest BCUT2D eigenvalue weighted by Gasteiger charge is -2.12. The van der Waals surface area contributed by atoms with Gasteiger partial charge < -0.3 is 24.7 Å². The molecule has 0 fully saturated rings. The maximum atomic E-state index is 11.6. The van der Waals surface area contributed by atoms with E-state index in [4.69, 9.17) is 14.5 Å². The van der Waals surface area contributed by atoms with Crippen LogP contribution in [0.1, 0.15) is 90.4 Å². The van der Waals surface area contributed by atoms with Gasteiger partial charge in [-0.05, 0) is 25.7 Å². The fourth-order valence-electron chi connectivity index (χ4n) is 2.86. The number of hydrogen-bond donors (Lipinski definition) is 4. The summed E-state index contributed by atoms with van der Waals surface area (Å²) in [7, 11) is -4.64. The summed E-state index contributed by atoms with van der Waals surface area (Å²) in [5.41, 5.74) is 0. The molecule has 30 heavy (non-hydrogen) atoms. The molecule has 0 aromatic carbocycles. The van der Waals surface area contributed by atoms with Gasteiger partial charge in [-0.2, -0.15) is 0 Å². The lowest BCUT2D eigenvalue weighted by Crippen LogP contribution is -2.23. The Hall–Kier alpha value is -0.760. The van der Waals surface area contributed by atoms with Crippen molar-refractivity contribution in [2.24, 2.45) is 0 Å². The Labute approximate surface area is 180 Å². The number of esters is 1. The maximum Gasteiger partial charge on any atom is 0.469 e. The summed E-state index contributed by atoms with van der Waals surface area (Å²) in [6.07, 6.45) is 15.1. The van der Waals surface area contributed by atoms with Gasteiger partial charge in [0.05, 0.1) is 12.7 Å². The Kier molecular flexibility index (Phi) is 18.5. The van der Waals surface area contributed by atoms with Crippen LogP contribution in [0.3, 0.4) is 0 Å². The summed E-state index contributed by atoms with van der Waals surface area (Å²) >= 11 is 0. The number of carbonyl (C=O) groups is 1. The Morgan fingerprint density at radius 1 is 0.933 bits per heavy atom. The van der Waals surface area contributed by atoms with Gasteiger partial charge in [0.2, 0.25) is 0 Å². The van der Waals surface area contributed by atoms with Gasteiger partial charge in [-0.15, -0.1) is 0 Å². The standard InChI is InChI=1S/C21H41O8P/c1-2-3-4-5-8-11-14-19(22)15-12-9-6-7-10-13-16-21(24)28-17-20(23)18-29-30(25,26)27/h12,15,19-20,22-23H,2-11,13-14,16-18H2,1H3,(H2,25,26,27)/t19?,20-/m0/s1. The number of allylic oxidation sites excluding steroid dienone is 1. The van der Waals surface area contributed by atoms with Gasteiger partial charge in [-0.3, -0.25) is 9.32 Å². The number of rotatable bonds is 20. The van der Waals surface area contributed by atoms with Gasteiger partial charge >= 0.3 is 13.8 Å². The van der Waals surface area contributed by atoms with Gasteiger partial charge in [-0.25, -0.2) is 4.57 Å². The van der Waals surface area contributed by atoms with E-state index in [0.717, 1.165) is 38.5 Å². The van der Waals surface area contributed by atoms with E-state index < -0.39 is 26.5 Å². The van der Waals surface area contributed by atoms with E-state index in [1.54, 1.807) is 0 Å². The van der Waals surface area contributed by atoms with E-state index in [1.807, 2.05) is 12.2 Å². The first-order valence-electron chi connectivity index (χ1n) is 11.1. The zero-order valence-corrected chi connectivity index (χ0v) is 19.2. The molecule has 0 heterocycles. The van der Waals surface area contributed by atoms with Crippen LogP contribution in [-0.2, 0) is 18.6 Å². The number of unbranched alkanes of at least 4 members (excludes halogenated alkanes) is 9. The average molecular weight is 453 g/mol. The van der Waals surface area contributed by atoms with Crippen molar-refractivity contribution in [3.05, 3.63) is 12.2 Å². The highest BCUT2D eigenvalue weighted by Gasteiger charge is 2.17. The third-order valence-electron chi connectivity index (χ3n) is 4.59. The lowest BCUT2D eigenvalue weighted by molar-refractivity contribution is -0.147. The fourth-order valence-corrected chi connectivity index (χ4v) is 3.23. The molecule has 2 atom stereocenters. The second-order valence-corrected chi connectivity index (χ2v) is 8.87. The van der Waals surface area contributed by atoms with E-state index in [9.17, 15) is 19.6 Å². The molecule has 9 heteroatoms. The smallest absolute Gasteiger partial charge is 0.463 e. The first-order valence-corrected chi connectivity index (χ1v) is 12.7. The van der Waals surface area contributed by atoms with Crippen molar-refractivity contribution in [3.8, 4) is 0 Å². The predicted molar refractivity (Wildman–Crippen MR) is 116 cm³/mol. The van der Waals surface area contributed by atoms with Crippen LogP contribution >= 0.6 is 7.82 Å². The van der Waals surface area contributed by atoms with Crippen LogP contribution in [-0.4, -0.2) is 51.4 Å². The molecule has 0 amide bonds. The first-order chi connectivity index (χ1) is 14.2. The quantitative estimate of drug-likeness (QED) is 0.0942. The highest BCUT2D eigenvalue weighted by molar-refractivity contribution is 7.46. The Bertz CT molecular complexity index is 491. The highest BCUT2D eigenvalue weighted by Crippen LogP contribution is 2.35.